The highest BCUT2D eigenvalue weighted by Gasteiger charge is 2.12. The zero-order chi connectivity index (χ0) is 20.8. The predicted molar refractivity (Wildman–Crippen MR) is 104 cm³/mol. The Hall–Kier alpha value is -2.93. The smallest absolute Gasteiger partial charge is 0.303 e. The third kappa shape index (κ3) is 8.82. The Morgan fingerprint density at radius 3 is 2.26 bits per heavy atom. The maximum Gasteiger partial charge on any atom is 0.303 e. The van der Waals surface area contributed by atoms with Gasteiger partial charge in [-0.15, -0.1) is 0 Å². The van der Waals surface area contributed by atoms with Gasteiger partial charge >= 0.3 is 5.97 Å². The fraction of sp³-hybridized carbons (Fsp3) is 0.300. The number of ether oxygens (including phenoxy) is 1. The minimum Gasteiger partial charge on any atom is -0.496 e. The lowest BCUT2D eigenvalue weighted by Gasteiger charge is -2.10. The molecule has 0 aliphatic rings. The van der Waals surface area contributed by atoms with Crippen LogP contribution in [0.4, 0.5) is 4.39 Å². The van der Waals surface area contributed by atoms with E-state index in [-0.39, 0.29) is 18.8 Å². The highest BCUT2D eigenvalue weighted by molar-refractivity contribution is 5.75. The van der Waals surface area contributed by atoms with Crippen molar-refractivity contribution >= 4 is 11.9 Å². The minimum atomic E-state index is -0.848. The lowest BCUT2D eigenvalue weighted by Crippen LogP contribution is -2.21. The molecule has 0 saturated carbocycles. The number of amides is 1. The third-order valence-electron chi connectivity index (χ3n) is 3.24. The molecule has 0 saturated heterocycles. The number of hydrogen-bond acceptors (Lipinski definition) is 4. The molecule has 2 aromatic rings. The van der Waals surface area contributed by atoms with Gasteiger partial charge in [-0.05, 0) is 29.7 Å². The van der Waals surface area contributed by atoms with Crippen LogP contribution in [-0.2, 0) is 16.0 Å². The molecule has 0 bridgehead atoms. The molecule has 6 nitrogen and oxygen atoms in total. The number of carboxylic acids is 1. The van der Waals surface area contributed by atoms with Gasteiger partial charge in [0.25, 0.3) is 0 Å². The summed E-state index contributed by atoms with van der Waals surface area (Å²) in [6.07, 6.45) is 0.470. The summed E-state index contributed by atoms with van der Waals surface area (Å²) in [5.41, 5.74) is 11.2. The summed E-state index contributed by atoms with van der Waals surface area (Å²) in [5.74, 6) is -1.22. The van der Waals surface area contributed by atoms with Crippen LogP contribution in [0.5, 0.6) is 5.75 Å². The molecule has 148 valence electrons. The molecule has 0 heterocycles. The maximum atomic E-state index is 14.0. The first-order chi connectivity index (χ1) is 12.9. The van der Waals surface area contributed by atoms with Gasteiger partial charge in [-0.1, -0.05) is 44.2 Å². The largest absolute Gasteiger partial charge is 0.496 e. The van der Waals surface area contributed by atoms with Crippen molar-refractivity contribution in [1.29, 1.82) is 0 Å². The first kappa shape index (κ1) is 24.1. The van der Waals surface area contributed by atoms with E-state index in [0.717, 1.165) is 5.56 Å². The molecular weight excluding hydrogens is 351 g/mol. The molecule has 0 aliphatic heterocycles. The van der Waals surface area contributed by atoms with Gasteiger partial charge < -0.3 is 21.3 Å². The molecule has 0 aliphatic carbocycles. The standard InChI is InChI=1S/C16H15FO3.C2H6N2O.C2H6/c1-20-14-7-3-6-13(17)16(14)12-5-2-4-11(10-12)8-9-15(18)19;3-1-2(4)5;1-2/h2-7,10H,8-9H2,1H3,(H,18,19);1,3H2,(H2,4,5);1-2H3. The highest BCUT2D eigenvalue weighted by Crippen LogP contribution is 2.32. The fourth-order valence-corrected chi connectivity index (χ4v) is 2.09. The van der Waals surface area contributed by atoms with E-state index in [1.165, 1.54) is 13.2 Å². The SMILES string of the molecule is CC.COc1cccc(F)c1-c1cccc(CCC(=O)O)c1.NCC(N)=O. The lowest BCUT2D eigenvalue weighted by atomic mass is 10.00. The molecule has 2 rings (SSSR count). The number of carbonyl (C=O) groups excluding carboxylic acids is 1. The molecule has 0 spiro atoms. The van der Waals surface area contributed by atoms with Gasteiger partial charge in [0.2, 0.25) is 5.91 Å². The Morgan fingerprint density at radius 1 is 1.15 bits per heavy atom. The first-order valence-corrected chi connectivity index (χ1v) is 8.51. The monoisotopic (exact) mass is 378 g/mol. The molecule has 7 heteroatoms. The Balaban J connectivity index is 0.000000838. The van der Waals surface area contributed by atoms with Crippen LogP contribution in [-0.4, -0.2) is 30.6 Å². The third-order valence-corrected chi connectivity index (χ3v) is 3.24. The van der Waals surface area contributed by atoms with Crippen molar-refractivity contribution in [2.24, 2.45) is 11.5 Å². The van der Waals surface area contributed by atoms with Gasteiger partial charge in [0.15, 0.2) is 0 Å². The summed E-state index contributed by atoms with van der Waals surface area (Å²) in [7, 11) is 1.49. The Morgan fingerprint density at radius 2 is 1.74 bits per heavy atom. The molecule has 0 fully saturated rings. The van der Waals surface area contributed by atoms with Crippen molar-refractivity contribution in [2.75, 3.05) is 13.7 Å². The summed E-state index contributed by atoms with van der Waals surface area (Å²) in [5, 5.41) is 8.71. The molecule has 0 unspecified atom stereocenters. The number of benzene rings is 2. The average molecular weight is 378 g/mol. The number of hydrogen-bond donors (Lipinski definition) is 3. The van der Waals surface area contributed by atoms with Gasteiger partial charge in [-0.2, -0.15) is 0 Å². The van der Waals surface area contributed by atoms with Crippen molar-refractivity contribution in [3.05, 3.63) is 53.8 Å². The van der Waals surface area contributed by atoms with Gasteiger partial charge in [-0.25, -0.2) is 4.39 Å². The summed E-state index contributed by atoms with van der Waals surface area (Å²) in [6.45, 7) is 3.94. The summed E-state index contributed by atoms with van der Waals surface area (Å²) in [4.78, 5) is 20.1. The van der Waals surface area contributed by atoms with Crippen LogP contribution in [0.15, 0.2) is 42.5 Å². The van der Waals surface area contributed by atoms with E-state index in [9.17, 15) is 14.0 Å². The van der Waals surface area contributed by atoms with Gasteiger partial charge in [0.05, 0.1) is 19.2 Å². The molecule has 0 aromatic heterocycles. The maximum absolute atomic E-state index is 14.0. The van der Waals surface area contributed by atoms with Crippen LogP contribution in [0.2, 0.25) is 0 Å². The van der Waals surface area contributed by atoms with Crippen LogP contribution in [0.25, 0.3) is 11.1 Å². The van der Waals surface area contributed by atoms with E-state index < -0.39 is 11.9 Å². The number of carbonyl (C=O) groups is 2. The zero-order valence-electron chi connectivity index (χ0n) is 15.9. The van der Waals surface area contributed by atoms with Gasteiger partial charge in [0, 0.05) is 6.42 Å². The van der Waals surface area contributed by atoms with E-state index in [1.54, 1.807) is 30.3 Å². The zero-order valence-corrected chi connectivity index (χ0v) is 15.9. The van der Waals surface area contributed by atoms with Gasteiger partial charge in [0.1, 0.15) is 11.6 Å². The number of aryl methyl sites for hydroxylation is 1. The first-order valence-electron chi connectivity index (χ1n) is 8.51. The Kier molecular flexibility index (Phi) is 11.9. The molecule has 5 N–H and O–H groups in total. The topological polar surface area (TPSA) is 116 Å². The quantitative estimate of drug-likeness (QED) is 0.715. The van der Waals surface area contributed by atoms with Crippen molar-refractivity contribution in [3.8, 4) is 16.9 Å². The van der Waals surface area contributed by atoms with Crippen LogP contribution in [0.1, 0.15) is 25.8 Å². The van der Waals surface area contributed by atoms with E-state index >= 15 is 0 Å². The Bertz CT molecular complexity index is 736. The molecule has 0 atom stereocenters. The van der Waals surface area contributed by atoms with Gasteiger partial charge in [-0.3, -0.25) is 9.59 Å². The summed E-state index contributed by atoms with van der Waals surface area (Å²) in [6, 6.07) is 11.9. The number of nitrogens with two attached hydrogens (primary N) is 2. The van der Waals surface area contributed by atoms with E-state index in [1.807, 2.05) is 19.9 Å². The molecule has 27 heavy (non-hydrogen) atoms. The molecule has 0 radical (unpaired) electrons. The minimum absolute atomic E-state index is 0.0534. The highest BCUT2D eigenvalue weighted by atomic mass is 19.1. The second-order valence-corrected chi connectivity index (χ2v) is 5.08. The molecule has 2 aromatic carbocycles. The normalized spacial score (nSPS) is 9.22. The number of rotatable bonds is 6. The number of carboxylic acid groups (broad SMARTS) is 1. The fourth-order valence-electron chi connectivity index (χ4n) is 2.09. The van der Waals surface area contributed by atoms with Crippen molar-refractivity contribution < 1.29 is 23.8 Å². The van der Waals surface area contributed by atoms with E-state index in [0.29, 0.717) is 23.3 Å². The lowest BCUT2D eigenvalue weighted by molar-refractivity contribution is -0.137. The van der Waals surface area contributed by atoms with Crippen LogP contribution < -0.4 is 16.2 Å². The van der Waals surface area contributed by atoms with Crippen LogP contribution in [0, 0.1) is 5.82 Å². The number of halogens is 1. The summed E-state index contributed by atoms with van der Waals surface area (Å²) < 4.78 is 19.2. The van der Waals surface area contributed by atoms with E-state index in [4.69, 9.17) is 15.6 Å². The van der Waals surface area contributed by atoms with Crippen LogP contribution in [0.3, 0.4) is 0 Å². The van der Waals surface area contributed by atoms with E-state index in [2.05, 4.69) is 5.73 Å². The molecular formula is C20H27FN2O4. The van der Waals surface area contributed by atoms with Crippen LogP contribution >= 0.6 is 0 Å². The molecule has 1 amide bonds. The summed E-state index contributed by atoms with van der Waals surface area (Å²) >= 11 is 0. The second-order valence-electron chi connectivity index (χ2n) is 5.08. The predicted octanol–water partition coefficient (Wildman–Crippen LogP) is 2.98. The Labute approximate surface area is 158 Å². The average Bonchev–Trinajstić information content (AvgIpc) is 2.68. The van der Waals surface area contributed by atoms with Crippen molar-refractivity contribution in [2.45, 2.75) is 26.7 Å². The number of methoxy groups -OCH3 is 1. The van der Waals surface area contributed by atoms with Crippen molar-refractivity contribution in [1.82, 2.24) is 0 Å². The number of aliphatic carboxylic acids is 1. The second kappa shape index (κ2) is 13.3. The number of primary amides is 1. The van der Waals surface area contributed by atoms with Crippen molar-refractivity contribution in [3.63, 3.8) is 0 Å².